The number of imidazole rings is 1. The van der Waals surface area contributed by atoms with Crippen LogP contribution in [0.3, 0.4) is 0 Å². The summed E-state index contributed by atoms with van der Waals surface area (Å²) in [5, 5.41) is 27.4. The molecular formula is C25H36N6O3. The second-order valence-electron chi connectivity index (χ2n) is 9.90. The number of ether oxygens (including phenoxy) is 1. The molecule has 0 aliphatic heterocycles. The fraction of sp³-hybridized carbons (Fsp3) is 0.560. The monoisotopic (exact) mass is 468 g/mol. The van der Waals surface area contributed by atoms with E-state index in [1.54, 1.807) is 19.9 Å². The van der Waals surface area contributed by atoms with Gasteiger partial charge >= 0.3 is 0 Å². The van der Waals surface area contributed by atoms with Crippen molar-refractivity contribution in [1.82, 2.24) is 19.5 Å². The fourth-order valence-electron chi connectivity index (χ4n) is 4.81. The summed E-state index contributed by atoms with van der Waals surface area (Å²) in [6, 6.07) is 5.76. The van der Waals surface area contributed by atoms with E-state index in [4.69, 9.17) is 14.7 Å². The van der Waals surface area contributed by atoms with Crippen LogP contribution in [-0.2, 0) is 6.54 Å². The van der Waals surface area contributed by atoms with E-state index >= 15 is 0 Å². The molecular weight excluding hydrogens is 432 g/mol. The van der Waals surface area contributed by atoms with Crippen molar-refractivity contribution >= 4 is 22.9 Å². The average molecular weight is 469 g/mol. The van der Waals surface area contributed by atoms with Gasteiger partial charge in [-0.2, -0.15) is 9.97 Å². The highest BCUT2D eigenvalue weighted by Gasteiger charge is 2.23. The standard InChI is InChI=1S/C25H36N6O3/c1-16(13-25(2,3)33)28-24-29-22(26-14-17-9-8-12-19(34-4)21(17)32)20-23(30-24)31(15-27-20)18-10-6-5-7-11-18/h8-9,12,15-16,18,32-33H,5-7,10-11,13-14H2,1-4H3,(H2,26,28,29,30). The predicted molar refractivity (Wildman–Crippen MR) is 133 cm³/mol. The molecule has 1 saturated carbocycles. The van der Waals surface area contributed by atoms with Gasteiger partial charge < -0.3 is 30.2 Å². The van der Waals surface area contributed by atoms with Crippen LogP contribution in [0.5, 0.6) is 11.5 Å². The summed E-state index contributed by atoms with van der Waals surface area (Å²) in [6.07, 6.45) is 8.36. The zero-order valence-corrected chi connectivity index (χ0v) is 20.5. The van der Waals surface area contributed by atoms with Gasteiger partial charge in [0.05, 0.1) is 19.0 Å². The van der Waals surface area contributed by atoms with E-state index < -0.39 is 5.60 Å². The van der Waals surface area contributed by atoms with Gasteiger partial charge in [-0.05, 0) is 46.1 Å². The summed E-state index contributed by atoms with van der Waals surface area (Å²) in [5.74, 6) is 1.61. The van der Waals surface area contributed by atoms with Crippen LogP contribution in [0.15, 0.2) is 24.5 Å². The number of anilines is 2. The molecule has 9 heteroatoms. The summed E-state index contributed by atoms with van der Waals surface area (Å²) in [4.78, 5) is 14.2. The summed E-state index contributed by atoms with van der Waals surface area (Å²) < 4.78 is 7.41. The molecule has 9 nitrogen and oxygen atoms in total. The first-order chi connectivity index (χ1) is 16.2. The number of nitrogens with zero attached hydrogens (tertiary/aromatic N) is 4. The number of hydrogen-bond donors (Lipinski definition) is 4. The van der Waals surface area contributed by atoms with E-state index in [2.05, 4.69) is 20.2 Å². The Labute approximate surface area is 200 Å². The van der Waals surface area contributed by atoms with Gasteiger partial charge in [-0.1, -0.05) is 31.4 Å². The zero-order chi connectivity index (χ0) is 24.3. The molecule has 34 heavy (non-hydrogen) atoms. The number of fused-ring (bicyclic) bond motifs is 1. The van der Waals surface area contributed by atoms with Crippen LogP contribution in [0.25, 0.3) is 11.2 Å². The number of methoxy groups -OCH3 is 1. The summed E-state index contributed by atoms with van der Waals surface area (Å²) in [7, 11) is 1.53. The van der Waals surface area contributed by atoms with E-state index in [1.165, 1.54) is 26.4 Å². The third-order valence-electron chi connectivity index (χ3n) is 6.32. The highest BCUT2D eigenvalue weighted by atomic mass is 16.5. The number of phenolic OH excluding ortho intramolecular Hbond substituents is 1. The number of phenols is 1. The molecule has 0 spiro atoms. The molecule has 184 valence electrons. The van der Waals surface area contributed by atoms with Gasteiger partial charge in [-0.25, -0.2) is 4.98 Å². The molecule has 4 N–H and O–H groups in total. The molecule has 0 amide bonds. The minimum Gasteiger partial charge on any atom is -0.504 e. The van der Waals surface area contributed by atoms with Crippen molar-refractivity contribution in [2.45, 2.75) is 83.5 Å². The normalized spacial score (nSPS) is 15.9. The van der Waals surface area contributed by atoms with Crippen LogP contribution in [0, 0.1) is 0 Å². The van der Waals surface area contributed by atoms with Crippen LogP contribution in [0.4, 0.5) is 11.8 Å². The molecule has 1 unspecified atom stereocenters. The maximum atomic E-state index is 10.5. The Bertz CT molecular complexity index is 1120. The van der Waals surface area contributed by atoms with Crippen molar-refractivity contribution in [3.8, 4) is 11.5 Å². The highest BCUT2D eigenvalue weighted by Crippen LogP contribution is 2.33. The lowest BCUT2D eigenvalue weighted by molar-refractivity contribution is 0.0672. The number of aliphatic hydroxyl groups is 1. The predicted octanol–water partition coefficient (Wildman–Crippen LogP) is 4.62. The van der Waals surface area contributed by atoms with Gasteiger partial charge in [0, 0.05) is 24.2 Å². The van der Waals surface area contributed by atoms with Crippen LogP contribution in [0.2, 0.25) is 0 Å². The largest absolute Gasteiger partial charge is 0.504 e. The SMILES string of the molecule is COc1cccc(CNc2nc(NC(C)CC(C)(C)O)nc3c2ncn3C2CCCCC2)c1O. The van der Waals surface area contributed by atoms with Crippen molar-refractivity contribution in [3.63, 3.8) is 0 Å². The molecule has 0 bridgehead atoms. The maximum absolute atomic E-state index is 10.5. The molecule has 0 saturated heterocycles. The Balaban J connectivity index is 1.66. The lowest BCUT2D eigenvalue weighted by atomic mass is 9.95. The Kier molecular flexibility index (Phi) is 7.11. The summed E-state index contributed by atoms with van der Waals surface area (Å²) >= 11 is 0. The number of aromatic nitrogens is 4. The van der Waals surface area contributed by atoms with Crippen LogP contribution in [0.1, 0.15) is 70.9 Å². The van der Waals surface area contributed by atoms with E-state index in [-0.39, 0.29) is 11.8 Å². The smallest absolute Gasteiger partial charge is 0.226 e. The van der Waals surface area contributed by atoms with E-state index in [0.717, 1.165) is 18.5 Å². The van der Waals surface area contributed by atoms with Gasteiger partial charge in [0.2, 0.25) is 5.95 Å². The maximum Gasteiger partial charge on any atom is 0.226 e. The number of rotatable bonds is 9. The third kappa shape index (κ3) is 5.52. The molecule has 2 aromatic heterocycles. The lowest BCUT2D eigenvalue weighted by Crippen LogP contribution is -2.29. The molecule has 1 aliphatic carbocycles. The first-order valence-corrected chi connectivity index (χ1v) is 12.1. The van der Waals surface area contributed by atoms with Gasteiger partial charge in [-0.15, -0.1) is 0 Å². The Hall–Kier alpha value is -3.07. The molecule has 1 fully saturated rings. The summed E-state index contributed by atoms with van der Waals surface area (Å²) in [5.41, 5.74) is 1.39. The number of para-hydroxylation sites is 1. The lowest BCUT2D eigenvalue weighted by Gasteiger charge is -2.24. The first-order valence-electron chi connectivity index (χ1n) is 12.1. The van der Waals surface area contributed by atoms with Gasteiger partial charge in [0.15, 0.2) is 28.5 Å². The van der Waals surface area contributed by atoms with Crippen molar-refractivity contribution in [2.24, 2.45) is 0 Å². The Morgan fingerprint density at radius 3 is 2.68 bits per heavy atom. The highest BCUT2D eigenvalue weighted by molar-refractivity contribution is 5.84. The van der Waals surface area contributed by atoms with Gasteiger partial charge in [-0.3, -0.25) is 0 Å². The topological polar surface area (TPSA) is 117 Å². The molecule has 3 aromatic rings. The second-order valence-corrected chi connectivity index (χ2v) is 9.90. The quantitative estimate of drug-likeness (QED) is 0.359. The van der Waals surface area contributed by atoms with E-state index in [0.29, 0.717) is 47.6 Å². The third-order valence-corrected chi connectivity index (χ3v) is 6.32. The Morgan fingerprint density at radius 2 is 1.97 bits per heavy atom. The van der Waals surface area contributed by atoms with Crippen molar-refractivity contribution in [1.29, 1.82) is 0 Å². The van der Waals surface area contributed by atoms with Crippen LogP contribution in [-0.4, -0.2) is 48.5 Å². The molecule has 0 radical (unpaired) electrons. The van der Waals surface area contributed by atoms with Crippen molar-refractivity contribution < 1.29 is 14.9 Å². The molecule has 1 aliphatic rings. The van der Waals surface area contributed by atoms with Crippen LogP contribution < -0.4 is 15.4 Å². The minimum absolute atomic E-state index is 0.0289. The summed E-state index contributed by atoms with van der Waals surface area (Å²) in [6.45, 7) is 5.94. The minimum atomic E-state index is -0.800. The van der Waals surface area contributed by atoms with Crippen molar-refractivity contribution in [3.05, 3.63) is 30.1 Å². The number of nitrogens with one attached hydrogen (secondary N) is 2. The number of aromatic hydroxyl groups is 1. The van der Waals surface area contributed by atoms with E-state index in [1.807, 2.05) is 25.4 Å². The van der Waals surface area contributed by atoms with Gasteiger partial charge in [0.25, 0.3) is 0 Å². The van der Waals surface area contributed by atoms with Gasteiger partial charge in [0.1, 0.15) is 0 Å². The van der Waals surface area contributed by atoms with E-state index in [9.17, 15) is 10.2 Å². The second kappa shape index (κ2) is 10.0. The average Bonchev–Trinajstić information content (AvgIpc) is 3.21. The van der Waals surface area contributed by atoms with Crippen LogP contribution >= 0.6 is 0 Å². The molecule has 1 atom stereocenters. The first kappa shape index (κ1) is 24.1. The Morgan fingerprint density at radius 1 is 1.21 bits per heavy atom. The zero-order valence-electron chi connectivity index (χ0n) is 20.5. The van der Waals surface area contributed by atoms with Crippen molar-refractivity contribution in [2.75, 3.05) is 17.7 Å². The molecule has 2 heterocycles. The molecule has 4 rings (SSSR count). The fourth-order valence-corrected chi connectivity index (χ4v) is 4.81. The number of hydrogen-bond acceptors (Lipinski definition) is 8. The molecule has 1 aromatic carbocycles. The number of benzene rings is 1.